The van der Waals surface area contributed by atoms with Crippen LogP contribution in [0.4, 0.5) is 0 Å². The molecule has 16 heavy (non-hydrogen) atoms. The molecule has 0 aliphatic rings. The maximum absolute atomic E-state index is 6.13. The molecule has 0 saturated heterocycles. The van der Waals surface area contributed by atoms with Crippen molar-refractivity contribution in [1.29, 1.82) is 0 Å². The summed E-state index contributed by atoms with van der Waals surface area (Å²) in [5, 5.41) is 8.38. The highest BCUT2D eigenvalue weighted by molar-refractivity contribution is 7.06. The van der Waals surface area contributed by atoms with Crippen LogP contribution in [0.5, 0.6) is 0 Å². The lowest BCUT2D eigenvalue weighted by molar-refractivity contribution is 0.830. The fourth-order valence-electron chi connectivity index (χ4n) is 1.37. The number of hydrogen-bond acceptors (Lipinski definition) is 4. The summed E-state index contributed by atoms with van der Waals surface area (Å²) < 4.78 is 3.94. The Balaban J connectivity index is 2.46. The van der Waals surface area contributed by atoms with Gasteiger partial charge in [0.15, 0.2) is 0 Å². The second kappa shape index (κ2) is 5.10. The minimum atomic E-state index is 0.595. The molecule has 1 heterocycles. The Morgan fingerprint density at radius 2 is 2.19 bits per heavy atom. The zero-order valence-corrected chi connectivity index (χ0v) is 10.8. The van der Waals surface area contributed by atoms with Crippen LogP contribution >= 0.6 is 34.7 Å². The molecular formula is C10H9Cl2N3S. The minimum absolute atomic E-state index is 0.595. The lowest BCUT2D eigenvalue weighted by Crippen LogP contribution is -2.04. The van der Waals surface area contributed by atoms with Gasteiger partial charge in [0.05, 0.1) is 9.90 Å². The number of hydrogen-bond donors (Lipinski definition) is 1. The maximum atomic E-state index is 6.13. The van der Waals surface area contributed by atoms with Crippen molar-refractivity contribution in [3.8, 4) is 11.3 Å². The zero-order valence-electron chi connectivity index (χ0n) is 8.50. The van der Waals surface area contributed by atoms with E-state index in [-0.39, 0.29) is 0 Å². The molecule has 0 unspecified atom stereocenters. The molecule has 0 spiro atoms. The Morgan fingerprint density at radius 1 is 1.38 bits per heavy atom. The van der Waals surface area contributed by atoms with Gasteiger partial charge in [-0.15, -0.1) is 5.10 Å². The molecule has 0 atom stereocenters. The lowest BCUT2D eigenvalue weighted by atomic mass is 10.1. The number of aromatic nitrogens is 2. The average Bonchev–Trinajstić information content (AvgIpc) is 2.67. The minimum Gasteiger partial charge on any atom is -0.315 e. The number of nitrogens with one attached hydrogen (secondary N) is 1. The molecule has 84 valence electrons. The van der Waals surface area contributed by atoms with Crippen LogP contribution < -0.4 is 5.32 Å². The second-order valence-electron chi connectivity index (χ2n) is 3.20. The molecule has 2 aromatic rings. The fraction of sp³-hybridized carbons (Fsp3) is 0.200. The van der Waals surface area contributed by atoms with E-state index in [0.717, 1.165) is 22.7 Å². The summed E-state index contributed by atoms with van der Waals surface area (Å²) in [7, 11) is 1.88. The third-order valence-electron chi connectivity index (χ3n) is 2.08. The van der Waals surface area contributed by atoms with Gasteiger partial charge in [0.25, 0.3) is 0 Å². The first-order valence-electron chi connectivity index (χ1n) is 4.63. The summed E-state index contributed by atoms with van der Waals surface area (Å²) in [5.41, 5.74) is 1.69. The molecule has 0 fully saturated rings. The highest BCUT2D eigenvalue weighted by Gasteiger charge is 2.12. The molecule has 0 aliphatic carbocycles. The SMILES string of the molecule is CNCc1snnc1-c1ccc(Cl)cc1Cl. The molecule has 0 bridgehead atoms. The van der Waals surface area contributed by atoms with E-state index in [1.165, 1.54) is 11.5 Å². The van der Waals surface area contributed by atoms with Crippen molar-refractivity contribution in [3.63, 3.8) is 0 Å². The summed E-state index contributed by atoms with van der Waals surface area (Å²) in [4.78, 5) is 1.06. The Hall–Kier alpha value is -0.680. The third-order valence-corrected chi connectivity index (χ3v) is 3.35. The standard InChI is InChI=1S/C10H9Cl2N3S/c1-13-5-9-10(14-15-16-9)7-3-2-6(11)4-8(7)12/h2-4,13H,5H2,1H3. The van der Waals surface area contributed by atoms with Gasteiger partial charge in [-0.1, -0.05) is 27.7 Å². The molecule has 3 nitrogen and oxygen atoms in total. The van der Waals surface area contributed by atoms with Crippen molar-refractivity contribution in [2.24, 2.45) is 0 Å². The molecule has 0 saturated carbocycles. The van der Waals surface area contributed by atoms with Crippen LogP contribution in [-0.4, -0.2) is 16.6 Å². The normalized spacial score (nSPS) is 10.7. The van der Waals surface area contributed by atoms with Gasteiger partial charge in [0.2, 0.25) is 0 Å². The summed E-state index contributed by atoms with van der Waals surface area (Å²) in [5.74, 6) is 0. The Bertz CT molecular complexity index is 499. The van der Waals surface area contributed by atoms with E-state index in [2.05, 4.69) is 14.9 Å². The first-order chi connectivity index (χ1) is 7.72. The van der Waals surface area contributed by atoms with Crippen molar-refractivity contribution in [2.75, 3.05) is 7.05 Å². The first kappa shape index (κ1) is 11.8. The highest BCUT2D eigenvalue weighted by Crippen LogP contribution is 2.32. The zero-order chi connectivity index (χ0) is 11.5. The van der Waals surface area contributed by atoms with Crippen LogP contribution in [-0.2, 0) is 6.54 Å². The van der Waals surface area contributed by atoms with Crippen molar-refractivity contribution < 1.29 is 0 Å². The van der Waals surface area contributed by atoms with Crippen molar-refractivity contribution >= 4 is 34.7 Å². The van der Waals surface area contributed by atoms with Gasteiger partial charge in [-0.25, -0.2) is 0 Å². The van der Waals surface area contributed by atoms with E-state index >= 15 is 0 Å². The predicted molar refractivity (Wildman–Crippen MR) is 68.1 cm³/mol. The van der Waals surface area contributed by atoms with E-state index in [9.17, 15) is 0 Å². The number of halogens is 2. The molecule has 2 rings (SSSR count). The summed E-state index contributed by atoms with van der Waals surface area (Å²) in [6.07, 6.45) is 0. The van der Waals surface area contributed by atoms with Gasteiger partial charge in [0.1, 0.15) is 5.69 Å². The molecule has 0 aliphatic heterocycles. The lowest BCUT2D eigenvalue weighted by Gasteiger charge is -2.03. The maximum Gasteiger partial charge on any atom is 0.111 e. The van der Waals surface area contributed by atoms with Crippen molar-refractivity contribution in [1.82, 2.24) is 14.9 Å². The van der Waals surface area contributed by atoms with Gasteiger partial charge in [-0.05, 0) is 36.8 Å². The topological polar surface area (TPSA) is 37.8 Å². The molecule has 6 heteroatoms. The van der Waals surface area contributed by atoms with Gasteiger partial charge in [-0.3, -0.25) is 0 Å². The molecule has 1 aromatic heterocycles. The van der Waals surface area contributed by atoms with Crippen LogP contribution in [0.25, 0.3) is 11.3 Å². The molecule has 1 aromatic carbocycles. The second-order valence-corrected chi connectivity index (χ2v) is 4.88. The van der Waals surface area contributed by atoms with E-state index in [4.69, 9.17) is 23.2 Å². The Labute approximate surface area is 108 Å². The quantitative estimate of drug-likeness (QED) is 0.933. The smallest absolute Gasteiger partial charge is 0.111 e. The summed E-state index contributed by atoms with van der Waals surface area (Å²) in [6, 6.07) is 5.37. The fourth-order valence-corrected chi connectivity index (χ4v) is 2.54. The van der Waals surface area contributed by atoms with E-state index in [0.29, 0.717) is 10.0 Å². The monoisotopic (exact) mass is 273 g/mol. The Kier molecular flexibility index (Phi) is 3.76. The molecule has 0 radical (unpaired) electrons. The molecule has 0 amide bonds. The predicted octanol–water partition coefficient (Wildman–Crippen LogP) is 3.23. The number of nitrogens with zero attached hydrogens (tertiary/aromatic N) is 2. The molecular weight excluding hydrogens is 265 g/mol. The third kappa shape index (κ3) is 2.35. The van der Waals surface area contributed by atoms with Crippen LogP contribution in [0.1, 0.15) is 4.88 Å². The van der Waals surface area contributed by atoms with Crippen molar-refractivity contribution in [3.05, 3.63) is 33.1 Å². The van der Waals surface area contributed by atoms with Crippen LogP contribution in [0.15, 0.2) is 18.2 Å². The van der Waals surface area contributed by atoms with Crippen molar-refractivity contribution in [2.45, 2.75) is 6.54 Å². The first-order valence-corrected chi connectivity index (χ1v) is 6.16. The number of rotatable bonds is 3. The van der Waals surface area contributed by atoms with Crippen LogP contribution in [0.3, 0.4) is 0 Å². The summed E-state index contributed by atoms with van der Waals surface area (Å²) >= 11 is 13.3. The van der Waals surface area contributed by atoms with Gasteiger partial charge in [0, 0.05) is 17.1 Å². The van der Waals surface area contributed by atoms with Gasteiger partial charge >= 0.3 is 0 Å². The Morgan fingerprint density at radius 3 is 2.88 bits per heavy atom. The van der Waals surface area contributed by atoms with E-state index in [1.54, 1.807) is 12.1 Å². The molecule has 1 N–H and O–H groups in total. The average molecular weight is 274 g/mol. The van der Waals surface area contributed by atoms with E-state index in [1.807, 2.05) is 13.1 Å². The van der Waals surface area contributed by atoms with Crippen LogP contribution in [0.2, 0.25) is 10.0 Å². The van der Waals surface area contributed by atoms with E-state index < -0.39 is 0 Å². The van der Waals surface area contributed by atoms with Crippen LogP contribution in [0, 0.1) is 0 Å². The van der Waals surface area contributed by atoms with Gasteiger partial charge < -0.3 is 5.32 Å². The number of benzene rings is 1. The highest BCUT2D eigenvalue weighted by atomic mass is 35.5. The largest absolute Gasteiger partial charge is 0.315 e. The summed E-state index contributed by atoms with van der Waals surface area (Å²) in [6.45, 7) is 0.728. The van der Waals surface area contributed by atoms with Gasteiger partial charge in [-0.2, -0.15) is 0 Å².